The summed E-state index contributed by atoms with van der Waals surface area (Å²) >= 11 is 6.01. The Morgan fingerprint density at radius 3 is 2.61 bits per heavy atom. The highest BCUT2D eigenvalue weighted by Gasteiger charge is 2.33. The van der Waals surface area contributed by atoms with Crippen LogP contribution in [-0.4, -0.2) is 26.6 Å². The van der Waals surface area contributed by atoms with E-state index in [2.05, 4.69) is 0 Å². The number of hydrogen-bond donors (Lipinski definition) is 0. The van der Waals surface area contributed by atoms with Gasteiger partial charge in [0.05, 0.1) is 16.5 Å². The van der Waals surface area contributed by atoms with Crippen molar-refractivity contribution < 1.29 is 13.2 Å². The van der Waals surface area contributed by atoms with Crippen LogP contribution in [0.15, 0.2) is 24.3 Å². The fourth-order valence-corrected chi connectivity index (χ4v) is 3.64. The molecule has 1 amide bonds. The Labute approximate surface area is 115 Å². The van der Waals surface area contributed by atoms with Crippen molar-refractivity contribution in [1.29, 1.82) is 0 Å². The van der Waals surface area contributed by atoms with Gasteiger partial charge in [0, 0.05) is 29.6 Å². The lowest BCUT2D eigenvalue weighted by Gasteiger charge is -2.17. The minimum Gasteiger partial charge on any atom is -0.311 e. The molecule has 0 bridgehead atoms. The zero-order valence-electron chi connectivity index (χ0n) is 9.34. The van der Waals surface area contributed by atoms with Crippen LogP contribution in [0.3, 0.4) is 0 Å². The molecule has 1 aliphatic rings. The third kappa shape index (κ3) is 3.16. The van der Waals surface area contributed by atoms with Crippen molar-refractivity contribution >= 4 is 42.9 Å². The largest absolute Gasteiger partial charge is 0.311 e. The van der Waals surface area contributed by atoms with E-state index >= 15 is 0 Å². The first-order chi connectivity index (χ1) is 8.37. The SMILES string of the molecule is O=C1CC(CS(=O)(=O)Cl)CN1c1ccccc1Cl. The number of carbonyl (C=O) groups excluding carboxylic acids is 1. The minimum absolute atomic E-state index is 0.131. The average molecular weight is 308 g/mol. The lowest BCUT2D eigenvalue weighted by molar-refractivity contribution is -0.117. The monoisotopic (exact) mass is 307 g/mol. The van der Waals surface area contributed by atoms with Gasteiger partial charge in [0.2, 0.25) is 15.0 Å². The van der Waals surface area contributed by atoms with Gasteiger partial charge in [0.1, 0.15) is 0 Å². The molecule has 18 heavy (non-hydrogen) atoms. The molecule has 1 unspecified atom stereocenters. The number of carbonyl (C=O) groups is 1. The maximum absolute atomic E-state index is 11.9. The number of nitrogens with zero attached hydrogens (tertiary/aromatic N) is 1. The van der Waals surface area contributed by atoms with Crippen LogP contribution in [0.4, 0.5) is 5.69 Å². The molecular weight excluding hydrogens is 297 g/mol. The van der Waals surface area contributed by atoms with E-state index in [0.29, 0.717) is 17.3 Å². The van der Waals surface area contributed by atoms with Crippen LogP contribution >= 0.6 is 22.3 Å². The van der Waals surface area contributed by atoms with Crippen LogP contribution in [0, 0.1) is 5.92 Å². The van der Waals surface area contributed by atoms with E-state index in [4.69, 9.17) is 22.3 Å². The Bertz CT molecular complexity index is 573. The van der Waals surface area contributed by atoms with Crippen LogP contribution in [0.5, 0.6) is 0 Å². The van der Waals surface area contributed by atoms with Crippen LogP contribution in [0.2, 0.25) is 5.02 Å². The Kier molecular flexibility index (Phi) is 3.84. The van der Waals surface area contributed by atoms with Crippen LogP contribution in [-0.2, 0) is 13.8 Å². The molecule has 0 aliphatic carbocycles. The number of para-hydroxylation sites is 1. The quantitative estimate of drug-likeness (QED) is 0.805. The average Bonchev–Trinajstić information content (AvgIpc) is 2.57. The molecule has 0 spiro atoms. The normalized spacial score (nSPS) is 20.4. The maximum atomic E-state index is 11.9. The van der Waals surface area contributed by atoms with Gasteiger partial charge in [0.15, 0.2) is 0 Å². The second kappa shape index (κ2) is 5.07. The zero-order chi connectivity index (χ0) is 13.3. The molecule has 2 rings (SSSR count). The molecule has 0 N–H and O–H groups in total. The molecular formula is C11H11Cl2NO3S. The molecule has 7 heteroatoms. The third-order valence-corrected chi connectivity index (χ3v) is 4.35. The summed E-state index contributed by atoms with van der Waals surface area (Å²) in [6.07, 6.45) is 0.178. The van der Waals surface area contributed by atoms with Gasteiger partial charge in [-0.15, -0.1) is 0 Å². The second-order valence-corrected chi connectivity index (χ2v) is 7.46. The fourth-order valence-electron chi connectivity index (χ4n) is 2.08. The summed E-state index contributed by atoms with van der Waals surface area (Å²) in [5.74, 6) is -0.606. The number of hydrogen-bond acceptors (Lipinski definition) is 3. The van der Waals surface area contributed by atoms with E-state index in [-0.39, 0.29) is 24.0 Å². The first-order valence-electron chi connectivity index (χ1n) is 5.34. The van der Waals surface area contributed by atoms with Crippen LogP contribution in [0.25, 0.3) is 0 Å². The van der Waals surface area contributed by atoms with Crippen molar-refractivity contribution in [3.8, 4) is 0 Å². The van der Waals surface area contributed by atoms with Gasteiger partial charge >= 0.3 is 0 Å². The molecule has 1 heterocycles. The van der Waals surface area contributed by atoms with E-state index < -0.39 is 9.05 Å². The summed E-state index contributed by atoms with van der Waals surface area (Å²) in [5.41, 5.74) is 0.610. The highest BCUT2D eigenvalue weighted by atomic mass is 35.7. The Morgan fingerprint density at radius 2 is 2.00 bits per heavy atom. The van der Waals surface area contributed by atoms with Gasteiger partial charge < -0.3 is 4.90 Å². The molecule has 0 saturated carbocycles. The zero-order valence-corrected chi connectivity index (χ0v) is 11.7. The molecule has 1 aromatic rings. The van der Waals surface area contributed by atoms with E-state index in [1.807, 2.05) is 0 Å². The molecule has 4 nitrogen and oxygen atoms in total. The van der Waals surface area contributed by atoms with Crippen molar-refractivity contribution in [2.45, 2.75) is 6.42 Å². The first kappa shape index (κ1) is 13.6. The molecule has 1 aromatic carbocycles. The fraction of sp³-hybridized carbons (Fsp3) is 0.364. The summed E-state index contributed by atoms with van der Waals surface area (Å²) in [6.45, 7) is 0.328. The van der Waals surface area contributed by atoms with Gasteiger partial charge in [-0.3, -0.25) is 4.79 Å². The Balaban J connectivity index is 2.18. The number of rotatable bonds is 3. The Morgan fingerprint density at radius 1 is 1.33 bits per heavy atom. The summed E-state index contributed by atoms with van der Waals surface area (Å²) in [6, 6.07) is 6.97. The number of amides is 1. The molecule has 1 fully saturated rings. The van der Waals surface area contributed by atoms with E-state index in [1.165, 1.54) is 4.90 Å². The topological polar surface area (TPSA) is 54.5 Å². The standard InChI is InChI=1S/C11H11Cl2NO3S/c12-9-3-1-2-4-10(9)14-6-8(5-11(14)15)7-18(13,16)17/h1-4,8H,5-7H2. The predicted octanol–water partition coefficient (Wildman–Crippen LogP) is 2.26. The van der Waals surface area contributed by atoms with Gasteiger partial charge in [-0.2, -0.15) is 0 Å². The first-order valence-corrected chi connectivity index (χ1v) is 8.19. The molecule has 1 saturated heterocycles. The maximum Gasteiger partial charge on any atom is 0.232 e. The van der Waals surface area contributed by atoms with Crippen LogP contribution in [0.1, 0.15) is 6.42 Å². The predicted molar refractivity (Wildman–Crippen MR) is 71.6 cm³/mol. The van der Waals surface area contributed by atoms with Gasteiger partial charge in [-0.1, -0.05) is 23.7 Å². The van der Waals surface area contributed by atoms with Crippen molar-refractivity contribution in [3.05, 3.63) is 29.3 Å². The summed E-state index contributed by atoms with van der Waals surface area (Å²) < 4.78 is 22.0. The summed E-state index contributed by atoms with van der Waals surface area (Å²) in [4.78, 5) is 13.4. The summed E-state index contributed by atoms with van der Waals surface area (Å²) in [7, 11) is 1.62. The van der Waals surface area contributed by atoms with Crippen LogP contribution < -0.4 is 4.90 Å². The smallest absolute Gasteiger partial charge is 0.232 e. The van der Waals surface area contributed by atoms with E-state index in [0.717, 1.165) is 0 Å². The lowest BCUT2D eigenvalue weighted by atomic mass is 10.1. The van der Waals surface area contributed by atoms with Crippen molar-refractivity contribution in [2.24, 2.45) is 5.92 Å². The van der Waals surface area contributed by atoms with Gasteiger partial charge in [0.25, 0.3) is 0 Å². The number of benzene rings is 1. The molecule has 98 valence electrons. The number of halogens is 2. The number of anilines is 1. The molecule has 1 atom stereocenters. The highest BCUT2D eigenvalue weighted by Crippen LogP contribution is 2.31. The lowest BCUT2D eigenvalue weighted by Crippen LogP contribution is -2.25. The van der Waals surface area contributed by atoms with Gasteiger partial charge in [-0.25, -0.2) is 8.42 Å². The van der Waals surface area contributed by atoms with Gasteiger partial charge in [-0.05, 0) is 12.1 Å². The van der Waals surface area contributed by atoms with Crippen molar-refractivity contribution in [3.63, 3.8) is 0 Å². The Hall–Kier alpha value is -0.780. The third-order valence-electron chi connectivity index (χ3n) is 2.78. The highest BCUT2D eigenvalue weighted by molar-refractivity contribution is 8.13. The summed E-state index contributed by atoms with van der Waals surface area (Å²) in [5, 5.41) is 0.472. The van der Waals surface area contributed by atoms with E-state index in [1.54, 1.807) is 24.3 Å². The molecule has 0 radical (unpaired) electrons. The second-order valence-electron chi connectivity index (χ2n) is 4.23. The molecule has 0 aromatic heterocycles. The van der Waals surface area contributed by atoms with E-state index in [9.17, 15) is 13.2 Å². The van der Waals surface area contributed by atoms with Crippen molar-refractivity contribution in [1.82, 2.24) is 0 Å². The molecule has 1 aliphatic heterocycles. The van der Waals surface area contributed by atoms with Crippen molar-refractivity contribution in [2.75, 3.05) is 17.2 Å². The minimum atomic E-state index is -3.59.